The first-order valence-electron chi connectivity index (χ1n) is 8.72. The Morgan fingerprint density at radius 3 is 2.00 bits per heavy atom. The van der Waals surface area contributed by atoms with Crippen LogP contribution in [0, 0.1) is 17.8 Å². The summed E-state index contributed by atoms with van der Waals surface area (Å²) in [5.74, 6) is -0.288. The van der Waals surface area contributed by atoms with Gasteiger partial charge in [-0.1, -0.05) is 0 Å². The number of hydrogen-bond acceptors (Lipinski definition) is 2. The molecule has 0 spiro atoms. The molecule has 1 N–H and O–H groups in total. The minimum atomic E-state index is -1.88. The summed E-state index contributed by atoms with van der Waals surface area (Å²) >= 11 is 0. The summed E-state index contributed by atoms with van der Waals surface area (Å²) < 4.78 is 6.65. The Morgan fingerprint density at radius 1 is 0.917 bits per heavy atom. The Labute approximate surface area is 143 Å². The van der Waals surface area contributed by atoms with Gasteiger partial charge >= 0.3 is 143 Å². The molecule has 4 unspecified atom stereocenters. The van der Waals surface area contributed by atoms with Crippen LogP contribution in [0.4, 0.5) is 0 Å². The van der Waals surface area contributed by atoms with Gasteiger partial charge in [0.1, 0.15) is 0 Å². The zero-order chi connectivity index (χ0) is 16.5. The van der Waals surface area contributed by atoms with Crippen LogP contribution < -0.4 is 10.6 Å². The summed E-state index contributed by atoms with van der Waals surface area (Å²) in [6.07, 6.45) is 3.05. The predicted molar refractivity (Wildman–Crippen MR) is 98.7 cm³/mol. The SMILES string of the molecule is O=C(O)C1C2CCC(C2)C1O[PH2](c1ccccc1)c1ccccc1. The van der Waals surface area contributed by atoms with Crippen molar-refractivity contribution in [3.63, 3.8) is 0 Å². The van der Waals surface area contributed by atoms with Gasteiger partial charge in [0.25, 0.3) is 0 Å². The van der Waals surface area contributed by atoms with Crippen LogP contribution in [-0.2, 0) is 9.32 Å². The molecule has 4 heteroatoms. The van der Waals surface area contributed by atoms with E-state index in [1.807, 2.05) is 36.4 Å². The molecule has 2 aliphatic carbocycles. The number of benzene rings is 2. The van der Waals surface area contributed by atoms with Gasteiger partial charge < -0.3 is 0 Å². The zero-order valence-electron chi connectivity index (χ0n) is 13.5. The maximum absolute atomic E-state index is 11.8. The number of carbonyl (C=O) groups is 1. The fourth-order valence-corrected chi connectivity index (χ4v) is 7.09. The van der Waals surface area contributed by atoms with Crippen LogP contribution in [0.3, 0.4) is 0 Å². The summed E-state index contributed by atoms with van der Waals surface area (Å²) in [5, 5.41) is 12.1. The molecule has 4 atom stereocenters. The molecule has 0 aromatic heterocycles. The third-order valence-corrected chi connectivity index (χ3v) is 8.19. The summed E-state index contributed by atoms with van der Waals surface area (Å²) in [5.41, 5.74) is 0. The van der Waals surface area contributed by atoms with Crippen LogP contribution in [-0.4, -0.2) is 17.2 Å². The van der Waals surface area contributed by atoms with E-state index >= 15 is 0 Å². The van der Waals surface area contributed by atoms with Crippen LogP contribution in [0.15, 0.2) is 60.7 Å². The molecule has 0 aliphatic heterocycles. The van der Waals surface area contributed by atoms with E-state index in [4.69, 9.17) is 4.52 Å². The summed E-state index contributed by atoms with van der Waals surface area (Å²) in [6.45, 7) is 0. The van der Waals surface area contributed by atoms with Gasteiger partial charge in [0, 0.05) is 0 Å². The topological polar surface area (TPSA) is 46.5 Å². The molecule has 2 bridgehead atoms. The van der Waals surface area contributed by atoms with Crippen LogP contribution in [0.2, 0.25) is 0 Å². The molecular weight excluding hydrogens is 319 g/mol. The number of hydrogen-bond donors (Lipinski definition) is 1. The van der Waals surface area contributed by atoms with E-state index in [2.05, 4.69) is 24.3 Å². The van der Waals surface area contributed by atoms with Crippen molar-refractivity contribution in [2.45, 2.75) is 25.4 Å². The first-order valence-corrected chi connectivity index (χ1v) is 10.3. The molecule has 4 rings (SSSR count). The Morgan fingerprint density at radius 2 is 1.46 bits per heavy atom. The summed E-state index contributed by atoms with van der Waals surface area (Å²) in [4.78, 5) is 11.8. The third-order valence-electron chi connectivity index (χ3n) is 5.62. The number of carboxylic acid groups (broad SMARTS) is 1. The number of aliphatic carboxylic acids is 1. The van der Waals surface area contributed by atoms with E-state index in [0.29, 0.717) is 11.8 Å². The average Bonchev–Trinajstić information content (AvgIpc) is 3.22. The standard InChI is InChI=1S/C20H23O3P/c21-20(22)18-14-11-12-15(13-14)19(18)23-24(16-7-3-1-4-8-16)17-9-5-2-6-10-17/h1-10,14-15,18-19H,11-13,24H2,(H,21,22). The van der Waals surface area contributed by atoms with Crippen LogP contribution in [0.5, 0.6) is 0 Å². The fourth-order valence-electron chi connectivity index (χ4n) is 4.54. The van der Waals surface area contributed by atoms with Gasteiger partial charge in [0.05, 0.1) is 0 Å². The van der Waals surface area contributed by atoms with Crippen molar-refractivity contribution in [1.29, 1.82) is 0 Å². The molecule has 0 radical (unpaired) electrons. The number of fused-ring (bicyclic) bond motifs is 2. The van der Waals surface area contributed by atoms with Crippen molar-refractivity contribution < 1.29 is 14.4 Å². The van der Waals surface area contributed by atoms with Gasteiger partial charge in [-0.3, -0.25) is 0 Å². The van der Waals surface area contributed by atoms with Crippen LogP contribution in [0.1, 0.15) is 19.3 Å². The van der Waals surface area contributed by atoms with E-state index in [9.17, 15) is 9.90 Å². The van der Waals surface area contributed by atoms with Crippen molar-refractivity contribution in [3.8, 4) is 0 Å². The fraction of sp³-hybridized carbons (Fsp3) is 0.350. The molecule has 2 aliphatic rings. The molecule has 126 valence electrons. The molecule has 2 saturated carbocycles. The van der Waals surface area contributed by atoms with Gasteiger partial charge in [-0.25, -0.2) is 0 Å². The molecule has 0 heterocycles. The van der Waals surface area contributed by atoms with E-state index < -0.39 is 14.1 Å². The second kappa shape index (κ2) is 6.66. The number of rotatable bonds is 5. The van der Waals surface area contributed by atoms with Crippen molar-refractivity contribution in [1.82, 2.24) is 0 Å². The summed E-state index contributed by atoms with van der Waals surface area (Å²) in [6, 6.07) is 20.6. The second-order valence-corrected chi connectivity index (χ2v) is 9.36. The van der Waals surface area contributed by atoms with Crippen molar-refractivity contribution in [2.24, 2.45) is 17.8 Å². The van der Waals surface area contributed by atoms with E-state index in [0.717, 1.165) is 19.3 Å². The molecule has 3 nitrogen and oxygen atoms in total. The molecule has 0 amide bonds. The van der Waals surface area contributed by atoms with Gasteiger partial charge in [0.15, 0.2) is 0 Å². The van der Waals surface area contributed by atoms with Crippen molar-refractivity contribution >= 4 is 24.7 Å². The second-order valence-electron chi connectivity index (χ2n) is 7.00. The van der Waals surface area contributed by atoms with E-state index in [1.54, 1.807) is 0 Å². The van der Waals surface area contributed by atoms with Crippen molar-refractivity contribution in [3.05, 3.63) is 60.7 Å². The Kier molecular flexibility index (Phi) is 4.39. The monoisotopic (exact) mass is 342 g/mol. The molecule has 2 fully saturated rings. The van der Waals surface area contributed by atoms with Crippen molar-refractivity contribution in [2.75, 3.05) is 0 Å². The van der Waals surface area contributed by atoms with Gasteiger partial charge in [0.2, 0.25) is 0 Å². The first-order chi connectivity index (χ1) is 11.7. The zero-order valence-corrected chi connectivity index (χ0v) is 14.7. The molecule has 0 saturated heterocycles. The average molecular weight is 342 g/mol. The Bertz CT molecular complexity index is 664. The van der Waals surface area contributed by atoms with Crippen LogP contribution in [0.25, 0.3) is 0 Å². The van der Waals surface area contributed by atoms with Gasteiger partial charge in [-0.15, -0.1) is 0 Å². The maximum atomic E-state index is 11.8. The summed E-state index contributed by atoms with van der Waals surface area (Å²) in [7, 11) is -1.88. The third kappa shape index (κ3) is 2.87. The molecule has 24 heavy (non-hydrogen) atoms. The molecule has 2 aromatic carbocycles. The van der Waals surface area contributed by atoms with E-state index in [1.165, 1.54) is 10.6 Å². The Hall–Kier alpha value is -1.70. The van der Waals surface area contributed by atoms with Gasteiger partial charge in [-0.2, -0.15) is 0 Å². The molecular formula is C20H23O3P. The minimum absolute atomic E-state index is 0.127. The molecule has 2 aromatic rings. The quantitative estimate of drug-likeness (QED) is 0.850. The van der Waals surface area contributed by atoms with Gasteiger partial charge in [-0.05, 0) is 0 Å². The van der Waals surface area contributed by atoms with E-state index in [-0.39, 0.29) is 12.0 Å². The Balaban J connectivity index is 1.66. The predicted octanol–water partition coefficient (Wildman–Crippen LogP) is 3.01. The first kappa shape index (κ1) is 15.8. The number of carboxylic acids is 1. The van der Waals surface area contributed by atoms with Crippen LogP contribution >= 0.6 is 8.15 Å². The normalized spacial score (nSPS) is 28.8.